The third kappa shape index (κ3) is 3.94. The summed E-state index contributed by atoms with van der Waals surface area (Å²) in [6.45, 7) is 4.89. The van der Waals surface area contributed by atoms with Crippen LogP contribution in [0.4, 0.5) is 0 Å². The molecule has 2 N–H and O–H groups in total. The predicted molar refractivity (Wildman–Crippen MR) is 66.9 cm³/mol. The fourth-order valence-corrected chi connectivity index (χ4v) is 2.30. The molecule has 0 aliphatic rings. The molecule has 1 rings (SSSR count). The topological polar surface area (TPSA) is 49.3 Å². The summed E-state index contributed by atoms with van der Waals surface area (Å²) < 4.78 is 0. The lowest BCUT2D eigenvalue weighted by Crippen LogP contribution is -2.28. The van der Waals surface area contributed by atoms with Crippen molar-refractivity contribution in [3.63, 3.8) is 0 Å². The molecule has 1 aromatic rings. The van der Waals surface area contributed by atoms with Gasteiger partial charge in [0.2, 0.25) is 0 Å². The van der Waals surface area contributed by atoms with E-state index in [-0.39, 0.29) is 12.5 Å². The molecule has 0 aliphatic heterocycles. The van der Waals surface area contributed by atoms with Crippen LogP contribution in [0.25, 0.3) is 0 Å². The zero-order chi connectivity index (χ0) is 12.0. The Morgan fingerprint density at radius 2 is 2.31 bits per heavy atom. The van der Waals surface area contributed by atoms with E-state index in [4.69, 9.17) is 5.11 Å². The first-order valence-corrected chi connectivity index (χ1v) is 6.44. The Morgan fingerprint density at radius 1 is 1.56 bits per heavy atom. The molecule has 3 nitrogen and oxygen atoms in total. The summed E-state index contributed by atoms with van der Waals surface area (Å²) in [4.78, 5) is 13.6. The van der Waals surface area contributed by atoms with Crippen molar-refractivity contribution in [1.82, 2.24) is 5.32 Å². The van der Waals surface area contributed by atoms with Gasteiger partial charge in [-0.3, -0.25) is 4.79 Å². The highest BCUT2D eigenvalue weighted by molar-refractivity contribution is 7.13. The van der Waals surface area contributed by atoms with Crippen molar-refractivity contribution in [3.8, 4) is 0 Å². The van der Waals surface area contributed by atoms with Crippen molar-refractivity contribution in [1.29, 1.82) is 0 Å². The van der Waals surface area contributed by atoms with Gasteiger partial charge in [-0.2, -0.15) is 0 Å². The second kappa shape index (κ2) is 6.66. The number of hydrogen-bond donors (Lipinski definition) is 2. The summed E-state index contributed by atoms with van der Waals surface area (Å²) in [6.07, 6.45) is 1.73. The number of thiophene rings is 1. The molecule has 0 aliphatic carbocycles. The van der Waals surface area contributed by atoms with Crippen LogP contribution in [-0.2, 0) is 0 Å². The molecule has 0 aromatic carbocycles. The van der Waals surface area contributed by atoms with Crippen LogP contribution in [0, 0.1) is 12.8 Å². The van der Waals surface area contributed by atoms with Crippen molar-refractivity contribution < 1.29 is 9.90 Å². The Labute approximate surface area is 100 Å². The Hall–Kier alpha value is -0.870. The monoisotopic (exact) mass is 241 g/mol. The molecule has 1 aromatic heterocycles. The fourth-order valence-electron chi connectivity index (χ4n) is 1.51. The predicted octanol–water partition coefficient (Wildman–Crippen LogP) is 2.19. The van der Waals surface area contributed by atoms with Crippen molar-refractivity contribution in [2.24, 2.45) is 5.92 Å². The molecule has 16 heavy (non-hydrogen) atoms. The molecule has 4 heteroatoms. The van der Waals surface area contributed by atoms with Crippen LogP contribution in [0.1, 0.15) is 34.3 Å². The molecule has 1 atom stereocenters. The normalized spacial score (nSPS) is 12.4. The largest absolute Gasteiger partial charge is 0.396 e. The maximum absolute atomic E-state index is 11.7. The van der Waals surface area contributed by atoms with Crippen molar-refractivity contribution >= 4 is 17.2 Å². The van der Waals surface area contributed by atoms with Gasteiger partial charge in [0.15, 0.2) is 0 Å². The maximum Gasteiger partial charge on any atom is 0.261 e. The van der Waals surface area contributed by atoms with Gasteiger partial charge in [-0.1, -0.05) is 13.3 Å². The number of aryl methyl sites for hydroxylation is 1. The molecular weight excluding hydrogens is 222 g/mol. The lowest BCUT2D eigenvalue weighted by molar-refractivity contribution is 0.0947. The van der Waals surface area contributed by atoms with Crippen molar-refractivity contribution in [2.45, 2.75) is 26.7 Å². The van der Waals surface area contributed by atoms with Gasteiger partial charge in [0.05, 0.1) is 4.88 Å². The molecule has 1 amide bonds. The first-order valence-electron chi connectivity index (χ1n) is 5.62. The van der Waals surface area contributed by atoms with Crippen LogP contribution < -0.4 is 5.32 Å². The van der Waals surface area contributed by atoms with Crippen LogP contribution in [0.3, 0.4) is 0 Å². The molecule has 0 spiro atoms. The van der Waals surface area contributed by atoms with Gasteiger partial charge in [-0.25, -0.2) is 0 Å². The van der Waals surface area contributed by atoms with Crippen LogP contribution in [0.15, 0.2) is 12.1 Å². The lowest BCUT2D eigenvalue weighted by Gasteiger charge is -2.13. The Morgan fingerprint density at radius 3 is 2.81 bits per heavy atom. The average Bonchev–Trinajstić information content (AvgIpc) is 2.70. The smallest absolute Gasteiger partial charge is 0.261 e. The number of amides is 1. The van der Waals surface area contributed by atoms with Gasteiger partial charge in [-0.15, -0.1) is 11.3 Å². The van der Waals surface area contributed by atoms with E-state index in [9.17, 15) is 4.79 Å². The van der Waals surface area contributed by atoms with Gasteiger partial charge >= 0.3 is 0 Å². The summed E-state index contributed by atoms with van der Waals surface area (Å²) in [5, 5.41) is 11.8. The van der Waals surface area contributed by atoms with E-state index in [2.05, 4.69) is 12.2 Å². The van der Waals surface area contributed by atoms with Gasteiger partial charge in [0, 0.05) is 18.0 Å². The quantitative estimate of drug-likeness (QED) is 0.802. The molecule has 0 radical (unpaired) electrons. The SMILES string of the molecule is CCC(CCO)CNC(=O)c1ccc(C)s1. The summed E-state index contributed by atoms with van der Waals surface area (Å²) in [7, 11) is 0. The molecule has 0 saturated carbocycles. The number of nitrogens with one attached hydrogen (secondary N) is 1. The minimum atomic E-state index is -0.00510. The minimum absolute atomic E-state index is 0.00510. The third-order valence-electron chi connectivity index (χ3n) is 2.63. The van der Waals surface area contributed by atoms with Gasteiger partial charge in [0.25, 0.3) is 5.91 Å². The zero-order valence-corrected chi connectivity index (χ0v) is 10.6. The minimum Gasteiger partial charge on any atom is -0.396 e. The maximum atomic E-state index is 11.7. The summed E-state index contributed by atoms with van der Waals surface area (Å²) in [5.41, 5.74) is 0. The Balaban J connectivity index is 2.40. The molecular formula is C12H19NO2S. The fraction of sp³-hybridized carbons (Fsp3) is 0.583. The van der Waals surface area contributed by atoms with E-state index in [0.717, 1.165) is 22.6 Å². The van der Waals surface area contributed by atoms with Gasteiger partial charge in [0.1, 0.15) is 0 Å². The van der Waals surface area contributed by atoms with E-state index >= 15 is 0 Å². The number of rotatable bonds is 6. The Bertz CT molecular complexity index is 336. The molecule has 1 unspecified atom stereocenters. The Kier molecular flexibility index (Phi) is 5.49. The first-order chi connectivity index (χ1) is 7.67. The molecule has 0 saturated heterocycles. The van der Waals surface area contributed by atoms with E-state index in [0.29, 0.717) is 12.5 Å². The standard InChI is InChI=1S/C12H19NO2S/c1-3-10(6-7-14)8-13-12(15)11-5-4-9(2)16-11/h4-5,10,14H,3,6-8H2,1-2H3,(H,13,15). The highest BCUT2D eigenvalue weighted by Gasteiger charge is 2.10. The second-order valence-corrected chi connectivity index (χ2v) is 5.19. The van der Waals surface area contributed by atoms with Crippen molar-refractivity contribution in [3.05, 3.63) is 21.9 Å². The van der Waals surface area contributed by atoms with Crippen LogP contribution >= 0.6 is 11.3 Å². The van der Waals surface area contributed by atoms with Crippen LogP contribution in [0.2, 0.25) is 0 Å². The number of aliphatic hydroxyl groups excluding tert-OH is 1. The second-order valence-electron chi connectivity index (χ2n) is 3.91. The summed E-state index contributed by atoms with van der Waals surface area (Å²) in [6, 6.07) is 3.80. The average molecular weight is 241 g/mol. The highest BCUT2D eigenvalue weighted by atomic mass is 32.1. The molecule has 0 fully saturated rings. The third-order valence-corrected chi connectivity index (χ3v) is 3.63. The van der Waals surface area contributed by atoms with Crippen molar-refractivity contribution in [2.75, 3.05) is 13.2 Å². The van der Waals surface area contributed by atoms with Crippen LogP contribution in [-0.4, -0.2) is 24.2 Å². The van der Waals surface area contributed by atoms with Gasteiger partial charge in [-0.05, 0) is 31.4 Å². The highest BCUT2D eigenvalue weighted by Crippen LogP contribution is 2.15. The van der Waals surface area contributed by atoms with E-state index in [1.807, 2.05) is 19.1 Å². The number of hydrogen-bond acceptors (Lipinski definition) is 3. The van der Waals surface area contributed by atoms with Crippen LogP contribution in [0.5, 0.6) is 0 Å². The molecule has 90 valence electrons. The summed E-state index contributed by atoms with van der Waals surface area (Å²) in [5.74, 6) is 0.365. The lowest BCUT2D eigenvalue weighted by atomic mass is 10.0. The number of aliphatic hydroxyl groups is 1. The molecule has 1 heterocycles. The zero-order valence-electron chi connectivity index (χ0n) is 9.82. The number of carbonyl (C=O) groups excluding carboxylic acids is 1. The number of carbonyl (C=O) groups is 1. The van der Waals surface area contributed by atoms with E-state index in [1.54, 1.807) is 0 Å². The first kappa shape index (κ1) is 13.2. The van der Waals surface area contributed by atoms with E-state index in [1.165, 1.54) is 11.3 Å². The van der Waals surface area contributed by atoms with Gasteiger partial charge < -0.3 is 10.4 Å². The molecule has 0 bridgehead atoms. The van der Waals surface area contributed by atoms with E-state index < -0.39 is 0 Å². The summed E-state index contributed by atoms with van der Waals surface area (Å²) >= 11 is 1.51.